The summed E-state index contributed by atoms with van der Waals surface area (Å²) in [4.78, 5) is 11.5. The van der Waals surface area contributed by atoms with E-state index in [2.05, 4.69) is 5.32 Å². The number of halogens is 2. The number of benzene rings is 1. The Kier molecular flexibility index (Phi) is 7.73. The smallest absolute Gasteiger partial charge is 0.220 e. The molecule has 6 heteroatoms. The zero-order valence-electron chi connectivity index (χ0n) is 11.5. The van der Waals surface area contributed by atoms with Gasteiger partial charge >= 0.3 is 0 Å². The molecule has 0 aromatic heterocycles. The van der Waals surface area contributed by atoms with Crippen LogP contribution in [0.15, 0.2) is 18.2 Å². The molecule has 0 heterocycles. The molecule has 0 fully saturated rings. The first-order valence-corrected chi connectivity index (χ1v) is 7.35. The molecule has 0 saturated heterocycles. The van der Waals surface area contributed by atoms with Crippen LogP contribution in [0.5, 0.6) is 5.75 Å². The molecule has 20 heavy (non-hydrogen) atoms. The van der Waals surface area contributed by atoms with Crippen LogP contribution in [0.3, 0.4) is 0 Å². The fraction of sp³-hybridized carbons (Fsp3) is 0.500. The van der Waals surface area contributed by atoms with Crippen molar-refractivity contribution in [3.05, 3.63) is 28.2 Å². The Morgan fingerprint density at radius 2 is 2.20 bits per heavy atom. The minimum atomic E-state index is 0.00596. The van der Waals surface area contributed by atoms with Crippen molar-refractivity contribution in [3.63, 3.8) is 0 Å². The molecule has 1 unspecified atom stereocenters. The Hall–Kier alpha value is -0.970. The minimum Gasteiger partial charge on any atom is -0.492 e. The van der Waals surface area contributed by atoms with E-state index >= 15 is 0 Å². The molecular formula is C14H20Cl2N2O2. The Morgan fingerprint density at radius 3 is 2.90 bits per heavy atom. The summed E-state index contributed by atoms with van der Waals surface area (Å²) in [7, 11) is 0. The molecule has 1 aromatic rings. The van der Waals surface area contributed by atoms with Gasteiger partial charge in [0, 0.05) is 19.0 Å². The first-order valence-electron chi connectivity index (χ1n) is 6.59. The van der Waals surface area contributed by atoms with Gasteiger partial charge in [0.05, 0.1) is 11.6 Å². The summed E-state index contributed by atoms with van der Waals surface area (Å²) in [5, 5.41) is 3.67. The summed E-state index contributed by atoms with van der Waals surface area (Å²) in [6, 6.07) is 5.31. The maximum absolute atomic E-state index is 11.5. The van der Waals surface area contributed by atoms with E-state index in [0.717, 1.165) is 6.42 Å². The van der Waals surface area contributed by atoms with E-state index in [1.54, 1.807) is 18.2 Å². The highest BCUT2D eigenvalue weighted by atomic mass is 35.5. The number of nitrogens with one attached hydrogen (secondary N) is 1. The predicted molar refractivity (Wildman–Crippen MR) is 82.5 cm³/mol. The van der Waals surface area contributed by atoms with Gasteiger partial charge in [-0.05, 0) is 31.9 Å². The fourth-order valence-electron chi connectivity index (χ4n) is 1.54. The van der Waals surface area contributed by atoms with Crippen molar-refractivity contribution in [2.75, 3.05) is 13.2 Å². The van der Waals surface area contributed by atoms with Crippen molar-refractivity contribution < 1.29 is 9.53 Å². The number of hydrogen-bond donors (Lipinski definition) is 2. The molecule has 0 radical (unpaired) electrons. The molecule has 0 spiro atoms. The summed E-state index contributed by atoms with van der Waals surface area (Å²) in [6.07, 6.45) is 1.81. The lowest BCUT2D eigenvalue weighted by Gasteiger charge is -2.09. The number of amides is 1. The maximum atomic E-state index is 11.5. The molecule has 0 saturated carbocycles. The summed E-state index contributed by atoms with van der Waals surface area (Å²) < 4.78 is 5.49. The van der Waals surface area contributed by atoms with Crippen molar-refractivity contribution in [1.82, 2.24) is 5.32 Å². The highest BCUT2D eigenvalue weighted by Gasteiger charge is 2.06. The van der Waals surface area contributed by atoms with E-state index in [9.17, 15) is 4.79 Å². The van der Waals surface area contributed by atoms with Gasteiger partial charge in [-0.2, -0.15) is 0 Å². The lowest BCUT2D eigenvalue weighted by molar-refractivity contribution is -0.121. The van der Waals surface area contributed by atoms with Crippen LogP contribution in [0, 0.1) is 0 Å². The standard InChI is InChI=1S/C14H20Cl2N2O2/c1-10(17)7-8-18-13(19)6-3-9-20-12-5-2-4-11(15)14(12)16/h2,4-5,10H,3,6-9,17H2,1H3,(H,18,19). The first-order chi connectivity index (χ1) is 9.50. The monoisotopic (exact) mass is 318 g/mol. The zero-order chi connectivity index (χ0) is 15.0. The molecule has 0 aliphatic carbocycles. The Balaban J connectivity index is 2.18. The third-order valence-electron chi connectivity index (χ3n) is 2.64. The van der Waals surface area contributed by atoms with Crippen LogP contribution in [0.4, 0.5) is 0 Å². The number of hydrogen-bond acceptors (Lipinski definition) is 3. The van der Waals surface area contributed by atoms with Gasteiger partial charge in [-0.1, -0.05) is 29.3 Å². The number of carbonyl (C=O) groups excluding carboxylic acids is 1. The van der Waals surface area contributed by atoms with E-state index < -0.39 is 0 Å². The van der Waals surface area contributed by atoms with Gasteiger partial charge in [-0.3, -0.25) is 4.79 Å². The highest BCUT2D eigenvalue weighted by molar-refractivity contribution is 6.42. The lowest BCUT2D eigenvalue weighted by atomic mass is 10.2. The van der Waals surface area contributed by atoms with Gasteiger partial charge < -0.3 is 15.8 Å². The van der Waals surface area contributed by atoms with E-state index in [1.165, 1.54) is 0 Å². The minimum absolute atomic E-state index is 0.00596. The molecular weight excluding hydrogens is 299 g/mol. The molecule has 1 atom stereocenters. The van der Waals surface area contributed by atoms with Gasteiger partial charge in [0.15, 0.2) is 0 Å². The van der Waals surface area contributed by atoms with Crippen molar-refractivity contribution >= 4 is 29.1 Å². The predicted octanol–water partition coefficient (Wildman–Crippen LogP) is 3.01. The van der Waals surface area contributed by atoms with E-state index in [-0.39, 0.29) is 11.9 Å². The van der Waals surface area contributed by atoms with Crippen molar-refractivity contribution in [1.29, 1.82) is 0 Å². The van der Waals surface area contributed by atoms with Crippen LogP contribution in [0.2, 0.25) is 10.0 Å². The second-order valence-corrected chi connectivity index (χ2v) is 5.41. The molecule has 3 N–H and O–H groups in total. The largest absolute Gasteiger partial charge is 0.492 e. The van der Waals surface area contributed by atoms with Crippen LogP contribution < -0.4 is 15.8 Å². The summed E-state index contributed by atoms with van der Waals surface area (Å²) in [5.74, 6) is 0.544. The van der Waals surface area contributed by atoms with Crippen LogP contribution in [-0.4, -0.2) is 25.1 Å². The number of rotatable bonds is 8. The van der Waals surface area contributed by atoms with Crippen LogP contribution in [0.25, 0.3) is 0 Å². The third kappa shape index (κ3) is 6.46. The van der Waals surface area contributed by atoms with Crippen molar-refractivity contribution in [3.8, 4) is 5.75 Å². The van der Waals surface area contributed by atoms with Gasteiger partial charge in [-0.15, -0.1) is 0 Å². The van der Waals surface area contributed by atoms with Crippen LogP contribution in [0.1, 0.15) is 26.2 Å². The second-order valence-electron chi connectivity index (χ2n) is 4.62. The SMILES string of the molecule is CC(N)CCNC(=O)CCCOc1cccc(Cl)c1Cl. The van der Waals surface area contributed by atoms with E-state index in [0.29, 0.717) is 41.8 Å². The number of carbonyl (C=O) groups is 1. The molecule has 0 aliphatic heterocycles. The molecule has 0 aliphatic rings. The lowest BCUT2D eigenvalue weighted by Crippen LogP contribution is -2.28. The van der Waals surface area contributed by atoms with Crippen molar-refractivity contribution in [2.45, 2.75) is 32.2 Å². The summed E-state index contributed by atoms with van der Waals surface area (Å²) >= 11 is 11.9. The summed E-state index contributed by atoms with van der Waals surface area (Å²) in [6.45, 7) is 2.94. The average molecular weight is 319 g/mol. The normalized spacial score (nSPS) is 12.0. The Labute approximate surface area is 129 Å². The Bertz CT molecular complexity index is 439. The van der Waals surface area contributed by atoms with Gasteiger partial charge in [0.25, 0.3) is 0 Å². The molecule has 112 valence electrons. The van der Waals surface area contributed by atoms with Crippen LogP contribution >= 0.6 is 23.2 Å². The molecule has 4 nitrogen and oxygen atoms in total. The van der Waals surface area contributed by atoms with E-state index in [1.807, 2.05) is 6.92 Å². The van der Waals surface area contributed by atoms with Crippen molar-refractivity contribution in [2.24, 2.45) is 5.73 Å². The maximum Gasteiger partial charge on any atom is 0.220 e. The molecule has 0 bridgehead atoms. The van der Waals surface area contributed by atoms with Gasteiger partial charge in [0.2, 0.25) is 5.91 Å². The first kappa shape index (κ1) is 17.1. The van der Waals surface area contributed by atoms with Crippen LogP contribution in [-0.2, 0) is 4.79 Å². The summed E-state index contributed by atoms with van der Waals surface area (Å²) in [5.41, 5.74) is 5.60. The number of nitrogens with two attached hydrogens (primary N) is 1. The topological polar surface area (TPSA) is 64.3 Å². The van der Waals surface area contributed by atoms with Gasteiger partial charge in [-0.25, -0.2) is 0 Å². The number of ether oxygens (including phenoxy) is 1. The zero-order valence-corrected chi connectivity index (χ0v) is 13.0. The quantitative estimate of drug-likeness (QED) is 0.724. The Morgan fingerprint density at radius 1 is 1.45 bits per heavy atom. The fourth-order valence-corrected chi connectivity index (χ4v) is 1.88. The molecule has 1 rings (SSSR count). The van der Waals surface area contributed by atoms with E-state index in [4.69, 9.17) is 33.7 Å². The third-order valence-corrected chi connectivity index (χ3v) is 3.45. The second kappa shape index (κ2) is 9.06. The average Bonchev–Trinajstić information content (AvgIpc) is 2.39. The highest BCUT2D eigenvalue weighted by Crippen LogP contribution is 2.31. The molecule has 1 aromatic carbocycles. The van der Waals surface area contributed by atoms with Gasteiger partial charge in [0.1, 0.15) is 10.8 Å². The molecule has 1 amide bonds.